The highest BCUT2D eigenvalue weighted by Gasteiger charge is 2.06. The number of benzene rings is 3. The van der Waals surface area contributed by atoms with Gasteiger partial charge in [-0.15, -0.1) is 0 Å². The fraction of sp³-hybridized carbons (Fsp3) is 0. The van der Waals surface area contributed by atoms with Crippen LogP contribution in [-0.4, -0.2) is 9.97 Å². The highest BCUT2D eigenvalue weighted by Crippen LogP contribution is 2.28. The van der Waals surface area contributed by atoms with Crippen LogP contribution < -0.4 is 5.73 Å². The van der Waals surface area contributed by atoms with Crippen LogP contribution in [0.5, 0.6) is 0 Å². The van der Waals surface area contributed by atoms with Crippen molar-refractivity contribution in [3.8, 4) is 11.3 Å². The third-order valence-electron chi connectivity index (χ3n) is 3.63. The molecule has 0 unspecified atom stereocenters. The maximum Gasteiger partial charge on any atom is 0.0914 e. The van der Waals surface area contributed by atoms with E-state index in [4.69, 9.17) is 10.7 Å². The highest BCUT2D eigenvalue weighted by molar-refractivity contribution is 5.96. The minimum Gasteiger partial charge on any atom is -0.399 e. The number of nitrogen functional groups attached to an aromatic ring is 1. The number of hydrogen-bond donors (Lipinski definition) is 1. The van der Waals surface area contributed by atoms with Crippen LogP contribution in [0.2, 0.25) is 0 Å². The fourth-order valence-corrected chi connectivity index (χ4v) is 2.61. The molecule has 0 aliphatic rings. The number of rotatable bonds is 1. The summed E-state index contributed by atoms with van der Waals surface area (Å²) < 4.78 is 0. The van der Waals surface area contributed by atoms with Crippen molar-refractivity contribution < 1.29 is 0 Å². The number of hydrogen-bond acceptors (Lipinski definition) is 3. The second-order valence-corrected chi connectivity index (χ2v) is 5.03. The highest BCUT2D eigenvalue weighted by atomic mass is 14.8. The molecule has 0 aliphatic heterocycles. The van der Waals surface area contributed by atoms with Gasteiger partial charge in [-0.1, -0.05) is 42.5 Å². The molecule has 0 fully saturated rings. The Morgan fingerprint density at radius 1 is 0.810 bits per heavy atom. The predicted molar refractivity (Wildman–Crippen MR) is 86.9 cm³/mol. The van der Waals surface area contributed by atoms with Crippen molar-refractivity contribution in [1.29, 1.82) is 0 Å². The average Bonchev–Trinajstić information content (AvgIpc) is 2.53. The van der Waals surface area contributed by atoms with Gasteiger partial charge < -0.3 is 5.73 Å². The molecule has 0 atom stereocenters. The summed E-state index contributed by atoms with van der Waals surface area (Å²) >= 11 is 0. The van der Waals surface area contributed by atoms with E-state index in [9.17, 15) is 0 Å². The summed E-state index contributed by atoms with van der Waals surface area (Å²) in [6.45, 7) is 0. The quantitative estimate of drug-likeness (QED) is 0.532. The van der Waals surface area contributed by atoms with Gasteiger partial charge in [-0.2, -0.15) is 0 Å². The third kappa shape index (κ3) is 1.99. The summed E-state index contributed by atoms with van der Waals surface area (Å²) in [6, 6.07) is 20.1. The molecule has 0 amide bonds. The molecule has 0 spiro atoms. The lowest BCUT2D eigenvalue weighted by Crippen LogP contribution is -1.91. The molecule has 3 heteroatoms. The Balaban J connectivity index is 2.00. The van der Waals surface area contributed by atoms with E-state index in [-0.39, 0.29) is 0 Å². The number of anilines is 1. The van der Waals surface area contributed by atoms with Crippen molar-refractivity contribution in [2.45, 2.75) is 0 Å². The van der Waals surface area contributed by atoms with E-state index >= 15 is 0 Å². The van der Waals surface area contributed by atoms with Crippen molar-refractivity contribution in [1.82, 2.24) is 9.97 Å². The molecular formula is C18H13N3. The first-order valence-electron chi connectivity index (χ1n) is 6.82. The van der Waals surface area contributed by atoms with E-state index in [2.05, 4.69) is 29.2 Å². The molecule has 21 heavy (non-hydrogen) atoms. The molecular weight excluding hydrogens is 258 g/mol. The smallest absolute Gasteiger partial charge is 0.0914 e. The zero-order valence-corrected chi connectivity index (χ0v) is 11.3. The lowest BCUT2D eigenvalue weighted by atomic mass is 10.0. The Hall–Kier alpha value is -2.94. The van der Waals surface area contributed by atoms with Crippen LogP contribution in [0.25, 0.3) is 33.1 Å². The Morgan fingerprint density at radius 2 is 1.67 bits per heavy atom. The third-order valence-corrected chi connectivity index (χ3v) is 3.63. The van der Waals surface area contributed by atoms with E-state index in [0.717, 1.165) is 22.3 Å². The van der Waals surface area contributed by atoms with E-state index < -0.39 is 0 Å². The lowest BCUT2D eigenvalue weighted by molar-refractivity contribution is 1.30. The van der Waals surface area contributed by atoms with Crippen molar-refractivity contribution in [3.05, 3.63) is 66.9 Å². The molecule has 4 aromatic rings. The van der Waals surface area contributed by atoms with Gasteiger partial charge in [0.15, 0.2) is 0 Å². The first-order chi connectivity index (χ1) is 10.3. The summed E-state index contributed by atoms with van der Waals surface area (Å²) in [6.07, 6.45) is 1.82. The second-order valence-electron chi connectivity index (χ2n) is 5.03. The van der Waals surface area contributed by atoms with Gasteiger partial charge in [0, 0.05) is 11.3 Å². The summed E-state index contributed by atoms with van der Waals surface area (Å²) in [5, 5.41) is 2.38. The first kappa shape index (κ1) is 11.9. The minimum absolute atomic E-state index is 0.701. The van der Waals surface area contributed by atoms with Crippen molar-refractivity contribution >= 4 is 27.5 Å². The molecule has 0 radical (unpaired) electrons. The van der Waals surface area contributed by atoms with Crippen molar-refractivity contribution in [3.63, 3.8) is 0 Å². The zero-order valence-electron chi connectivity index (χ0n) is 11.3. The minimum atomic E-state index is 0.701. The SMILES string of the molecule is Nc1ccc2ncc(-c3cccc4ccccc34)nc2c1. The largest absolute Gasteiger partial charge is 0.399 e. The fourth-order valence-electron chi connectivity index (χ4n) is 2.61. The van der Waals surface area contributed by atoms with E-state index in [1.807, 2.05) is 42.6 Å². The number of nitrogens with zero attached hydrogens (tertiary/aromatic N) is 2. The van der Waals surface area contributed by atoms with E-state index in [1.54, 1.807) is 0 Å². The Kier molecular flexibility index (Phi) is 2.57. The molecule has 1 heterocycles. The molecule has 1 aromatic heterocycles. The summed E-state index contributed by atoms with van der Waals surface area (Å²) in [4.78, 5) is 9.20. The standard InChI is InChI=1S/C18H13N3/c19-13-8-9-16-17(10-13)21-18(11-20-16)15-7-3-5-12-4-1-2-6-14(12)15/h1-11H,19H2. The van der Waals surface area contributed by atoms with Gasteiger partial charge in [0.2, 0.25) is 0 Å². The number of nitrogens with two attached hydrogens (primary N) is 1. The zero-order chi connectivity index (χ0) is 14.2. The van der Waals surface area contributed by atoms with E-state index in [0.29, 0.717) is 5.69 Å². The van der Waals surface area contributed by atoms with Gasteiger partial charge in [0.1, 0.15) is 0 Å². The molecule has 0 saturated heterocycles. The molecule has 2 N–H and O–H groups in total. The van der Waals surface area contributed by atoms with Gasteiger partial charge in [0.05, 0.1) is 22.9 Å². The molecule has 4 rings (SSSR count). The van der Waals surface area contributed by atoms with Gasteiger partial charge in [0.25, 0.3) is 0 Å². The second kappa shape index (κ2) is 4.56. The first-order valence-corrected chi connectivity index (χ1v) is 6.82. The van der Waals surface area contributed by atoms with Gasteiger partial charge in [-0.25, -0.2) is 4.98 Å². The van der Waals surface area contributed by atoms with Gasteiger partial charge >= 0.3 is 0 Å². The Morgan fingerprint density at radius 3 is 2.62 bits per heavy atom. The van der Waals surface area contributed by atoms with Crippen LogP contribution in [0.1, 0.15) is 0 Å². The monoisotopic (exact) mass is 271 g/mol. The Bertz CT molecular complexity index is 955. The molecule has 0 bridgehead atoms. The van der Waals surface area contributed by atoms with E-state index in [1.165, 1.54) is 10.8 Å². The average molecular weight is 271 g/mol. The summed E-state index contributed by atoms with van der Waals surface area (Å²) in [7, 11) is 0. The number of fused-ring (bicyclic) bond motifs is 2. The van der Waals surface area contributed by atoms with Crippen LogP contribution in [0.15, 0.2) is 66.9 Å². The molecule has 3 aromatic carbocycles. The van der Waals surface area contributed by atoms with Crippen LogP contribution in [0.4, 0.5) is 5.69 Å². The number of aromatic nitrogens is 2. The maximum absolute atomic E-state index is 5.84. The molecule has 0 saturated carbocycles. The van der Waals surface area contributed by atoms with Crippen LogP contribution in [0, 0.1) is 0 Å². The molecule has 100 valence electrons. The lowest BCUT2D eigenvalue weighted by Gasteiger charge is -2.07. The van der Waals surface area contributed by atoms with Crippen molar-refractivity contribution in [2.75, 3.05) is 5.73 Å². The predicted octanol–water partition coefficient (Wildman–Crippen LogP) is 4.03. The van der Waals surface area contributed by atoms with Gasteiger partial charge in [-0.3, -0.25) is 4.98 Å². The summed E-state index contributed by atoms with van der Waals surface area (Å²) in [5.41, 5.74) is 10.2. The maximum atomic E-state index is 5.84. The van der Waals surface area contributed by atoms with Crippen LogP contribution >= 0.6 is 0 Å². The van der Waals surface area contributed by atoms with Crippen LogP contribution in [-0.2, 0) is 0 Å². The van der Waals surface area contributed by atoms with Crippen molar-refractivity contribution in [2.24, 2.45) is 0 Å². The normalized spacial score (nSPS) is 11.0. The van der Waals surface area contributed by atoms with Crippen LogP contribution in [0.3, 0.4) is 0 Å². The summed E-state index contributed by atoms with van der Waals surface area (Å²) in [5.74, 6) is 0. The van der Waals surface area contributed by atoms with Gasteiger partial charge in [-0.05, 0) is 29.0 Å². The Labute approximate surface area is 122 Å². The molecule has 0 aliphatic carbocycles. The molecule has 3 nitrogen and oxygen atoms in total. The topological polar surface area (TPSA) is 51.8 Å².